The Morgan fingerprint density at radius 3 is 2.58 bits per heavy atom. The third-order valence-electron chi connectivity index (χ3n) is 2.85. The SMILES string of the molecule is CCNCc1cc(F)ccc1-c1cc(Br)ccc1F. The monoisotopic (exact) mass is 325 g/mol. The predicted octanol–water partition coefficient (Wildman–Crippen LogP) is 4.50. The summed E-state index contributed by atoms with van der Waals surface area (Å²) >= 11 is 3.33. The van der Waals surface area contributed by atoms with Gasteiger partial charge < -0.3 is 5.32 Å². The van der Waals surface area contributed by atoms with Crippen LogP contribution in [0.3, 0.4) is 0 Å². The van der Waals surface area contributed by atoms with Crippen molar-refractivity contribution in [1.29, 1.82) is 0 Å². The molecule has 0 aliphatic heterocycles. The fourth-order valence-corrected chi connectivity index (χ4v) is 2.30. The predicted molar refractivity (Wildman–Crippen MR) is 76.9 cm³/mol. The van der Waals surface area contributed by atoms with Gasteiger partial charge in [-0.2, -0.15) is 0 Å². The largest absolute Gasteiger partial charge is 0.313 e. The lowest BCUT2D eigenvalue weighted by atomic mass is 9.99. The molecule has 0 bridgehead atoms. The molecule has 4 heteroatoms. The van der Waals surface area contributed by atoms with Crippen LogP contribution in [0.2, 0.25) is 0 Å². The molecule has 0 aliphatic carbocycles. The minimum absolute atomic E-state index is 0.312. The molecule has 0 atom stereocenters. The maximum Gasteiger partial charge on any atom is 0.131 e. The van der Waals surface area contributed by atoms with Crippen LogP contribution in [0.5, 0.6) is 0 Å². The highest BCUT2D eigenvalue weighted by atomic mass is 79.9. The van der Waals surface area contributed by atoms with Gasteiger partial charge in [0, 0.05) is 16.6 Å². The maximum absolute atomic E-state index is 13.9. The summed E-state index contributed by atoms with van der Waals surface area (Å²) in [5, 5.41) is 3.14. The van der Waals surface area contributed by atoms with E-state index in [0.29, 0.717) is 17.7 Å². The first kappa shape index (κ1) is 14.2. The van der Waals surface area contributed by atoms with Crippen molar-refractivity contribution in [3.63, 3.8) is 0 Å². The van der Waals surface area contributed by atoms with Crippen LogP contribution in [0.1, 0.15) is 12.5 Å². The van der Waals surface area contributed by atoms with Crippen molar-refractivity contribution in [2.45, 2.75) is 13.5 Å². The summed E-state index contributed by atoms with van der Waals surface area (Å²) in [7, 11) is 0. The van der Waals surface area contributed by atoms with Gasteiger partial charge in [-0.25, -0.2) is 8.78 Å². The molecule has 0 heterocycles. The molecule has 0 aliphatic rings. The van der Waals surface area contributed by atoms with Crippen LogP contribution < -0.4 is 5.32 Å². The Labute approximate surface area is 119 Å². The summed E-state index contributed by atoms with van der Waals surface area (Å²) in [4.78, 5) is 0. The average molecular weight is 326 g/mol. The Bertz CT molecular complexity index is 584. The Hall–Kier alpha value is -1.26. The summed E-state index contributed by atoms with van der Waals surface area (Å²) in [6.07, 6.45) is 0. The first-order chi connectivity index (χ1) is 9.11. The van der Waals surface area contributed by atoms with E-state index in [-0.39, 0.29) is 11.6 Å². The Morgan fingerprint density at radius 2 is 1.84 bits per heavy atom. The average Bonchev–Trinajstić information content (AvgIpc) is 2.39. The molecule has 1 N–H and O–H groups in total. The van der Waals surface area contributed by atoms with Crippen molar-refractivity contribution in [3.8, 4) is 11.1 Å². The molecule has 0 fully saturated rings. The molecule has 19 heavy (non-hydrogen) atoms. The second-order valence-corrected chi connectivity index (χ2v) is 5.12. The van der Waals surface area contributed by atoms with Crippen molar-refractivity contribution in [1.82, 2.24) is 5.32 Å². The minimum atomic E-state index is -0.313. The third-order valence-corrected chi connectivity index (χ3v) is 3.34. The van der Waals surface area contributed by atoms with Crippen LogP contribution in [-0.2, 0) is 6.54 Å². The van der Waals surface area contributed by atoms with Gasteiger partial charge in [-0.15, -0.1) is 0 Å². The molecule has 2 aromatic rings. The molecule has 2 rings (SSSR count). The molecular formula is C15H14BrF2N. The molecule has 100 valence electrons. The standard InChI is InChI=1S/C15H14BrF2N/c1-2-19-9-10-7-12(17)4-5-13(10)14-8-11(16)3-6-15(14)18/h3-8,19H,2,9H2,1H3. The van der Waals surface area contributed by atoms with Crippen LogP contribution in [-0.4, -0.2) is 6.54 Å². The van der Waals surface area contributed by atoms with Gasteiger partial charge in [0.15, 0.2) is 0 Å². The van der Waals surface area contributed by atoms with Gasteiger partial charge in [0.1, 0.15) is 11.6 Å². The summed E-state index contributed by atoms with van der Waals surface area (Å²) < 4.78 is 28.1. The zero-order chi connectivity index (χ0) is 13.8. The van der Waals surface area contributed by atoms with Gasteiger partial charge in [-0.05, 0) is 48.0 Å². The molecule has 0 spiro atoms. The summed E-state index contributed by atoms with van der Waals surface area (Å²) in [6.45, 7) is 3.26. The summed E-state index contributed by atoms with van der Waals surface area (Å²) in [5.74, 6) is -0.625. The molecular weight excluding hydrogens is 312 g/mol. The highest BCUT2D eigenvalue weighted by molar-refractivity contribution is 9.10. The zero-order valence-corrected chi connectivity index (χ0v) is 12.1. The van der Waals surface area contributed by atoms with Gasteiger partial charge in [-0.3, -0.25) is 0 Å². The van der Waals surface area contributed by atoms with E-state index in [1.807, 2.05) is 6.92 Å². The first-order valence-electron chi connectivity index (χ1n) is 6.06. The van der Waals surface area contributed by atoms with Crippen molar-refractivity contribution in [2.75, 3.05) is 6.54 Å². The zero-order valence-electron chi connectivity index (χ0n) is 10.5. The highest BCUT2D eigenvalue weighted by Gasteiger charge is 2.11. The molecule has 2 aromatic carbocycles. The number of rotatable bonds is 4. The maximum atomic E-state index is 13.9. The van der Waals surface area contributed by atoms with E-state index in [9.17, 15) is 8.78 Å². The van der Waals surface area contributed by atoms with E-state index in [4.69, 9.17) is 0 Å². The van der Waals surface area contributed by atoms with Crippen LogP contribution in [0, 0.1) is 11.6 Å². The van der Waals surface area contributed by atoms with Crippen molar-refractivity contribution < 1.29 is 8.78 Å². The lowest BCUT2D eigenvalue weighted by Crippen LogP contribution is -2.12. The van der Waals surface area contributed by atoms with Gasteiger partial charge in [0.2, 0.25) is 0 Å². The van der Waals surface area contributed by atoms with E-state index in [1.54, 1.807) is 18.2 Å². The molecule has 0 unspecified atom stereocenters. The number of benzene rings is 2. The lowest BCUT2D eigenvalue weighted by molar-refractivity contribution is 0.620. The number of nitrogens with one attached hydrogen (secondary N) is 1. The van der Waals surface area contributed by atoms with Gasteiger partial charge in [-0.1, -0.05) is 28.9 Å². The Morgan fingerprint density at radius 1 is 1.05 bits per heavy atom. The van der Waals surface area contributed by atoms with Crippen molar-refractivity contribution in [3.05, 3.63) is 58.1 Å². The van der Waals surface area contributed by atoms with Crippen molar-refractivity contribution in [2.24, 2.45) is 0 Å². The van der Waals surface area contributed by atoms with E-state index in [2.05, 4.69) is 21.2 Å². The van der Waals surface area contributed by atoms with Crippen LogP contribution in [0.15, 0.2) is 40.9 Å². The first-order valence-corrected chi connectivity index (χ1v) is 6.85. The molecule has 0 radical (unpaired) electrons. The highest BCUT2D eigenvalue weighted by Crippen LogP contribution is 2.29. The van der Waals surface area contributed by atoms with E-state index >= 15 is 0 Å². The van der Waals surface area contributed by atoms with E-state index in [1.165, 1.54) is 18.2 Å². The van der Waals surface area contributed by atoms with Crippen LogP contribution in [0.25, 0.3) is 11.1 Å². The van der Waals surface area contributed by atoms with Crippen LogP contribution in [0.4, 0.5) is 8.78 Å². The number of hydrogen-bond donors (Lipinski definition) is 1. The van der Waals surface area contributed by atoms with Gasteiger partial charge >= 0.3 is 0 Å². The molecule has 1 nitrogen and oxygen atoms in total. The quantitative estimate of drug-likeness (QED) is 0.872. The van der Waals surface area contributed by atoms with E-state index < -0.39 is 0 Å². The van der Waals surface area contributed by atoms with Gasteiger partial charge in [0.25, 0.3) is 0 Å². The second-order valence-electron chi connectivity index (χ2n) is 4.21. The summed E-state index contributed by atoms with van der Waals surface area (Å²) in [5.41, 5.74) is 1.93. The van der Waals surface area contributed by atoms with E-state index in [0.717, 1.165) is 16.6 Å². The minimum Gasteiger partial charge on any atom is -0.313 e. The fraction of sp³-hybridized carbons (Fsp3) is 0.200. The van der Waals surface area contributed by atoms with Crippen molar-refractivity contribution >= 4 is 15.9 Å². The molecule has 0 amide bonds. The van der Waals surface area contributed by atoms with Crippen LogP contribution >= 0.6 is 15.9 Å². The fourth-order valence-electron chi connectivity index (χ4n) is 1.93. The summed E-state index contributed by atoms with van der Waals surface area (Å²) in [6, 6.07) is 9.17. The topological polar surface area (TPSA) is 12.0 Å². The molecule has 0 aromatic heterocycles. The smallest absolute Gasteiger partial charge is 0.131 e. The molecule has 0 saturated heterocycles. The lowest BCUT2D eigenvalue weighted by Gasteiger charge is -2.11. The third kappa shape index (κ3) is 3.39. The Balaban J connectivity index is 2.51. The number of halogens is 3. The second kappa shape index (κ2) is 6.26. The Kier molecular flexibility index (Phi) is 4.66. The number of hydrogen-bond acceptors (Lipinski definition) is 1. The normalized spacial score (nSPS) is 10.7. The van der Waals surface area contributed by atoms with Gasteiger partial charge in [0.05, 0.1) is 0 Å². The molecule has 0 saturated carbocycles.